The van der Waals surface area contributed by atoms with Crippen LogP contribution in [0.3, 0.4) is 0 Å². The van der Waals surface area contributed by atoms with E-state index < -0.39 is 6.72 Å². The van der Waals surface area contributed by atoms with Crippen LogP contribution in [0.2, 0.25) is 0 Å². The number of rotatable bonds is 0. The molecule has 0 aliphatic carbocycles. The summed E-state index contributed by atoms with van der Waals surface area (Å²) in [5, 5.41) is 0. The molecule has 0 fully saturated rings. The van der Waals surface area contributed by atoms with Gasteiger partial charge in [0, 0.05) is 0 Å². The van der Waals surface area contributed by atoms with Crippen molar-refractivity contribution < 1.29 is 131 Å². The fourth-order valence-corrected chi connectivity index (χ4v) is 0. The van der Waals surface area contributed by atoms with Crippen LogP contribution in [0.15, 0.2) is 0 Å². The Balaban J connectivity index is -0.00000000286. The van der Waals surface area contributed by atoms with E-state index in [4.69, 9.17) is 14.7 Å². The van der Waals surface area contributed by atoms with E-state index >= 15 is 0 Å². The summed E-state index contributed by atoms with van der Waals surface area (Å²) >= 11 is 3.27. The van der Waals surface area contributed by atoms with Crippen molar-refractivity contribution in [3.05, 3.63) is 0 Å². The third kappa shape index (κ3) is 246. The zero-order valence-electron chi connectivity index (χ0n) is 7.58. The summed E-state index contributed by atoms with van der Waals surface area (Å²) in [6.07, 6.45) is 0. The molecule has 0 unspecified atom stereocenters. The Morgan fingerprint density at radius 3 is 0.615 bits per heavy atom. The summed E-state index contributed by atoms with van der Waals surface area (Å²) in [6, 6.07) is 0. The third-order valence-corrected chi connectivity index (χ3v) is 0. The van der Waals surface area contributed by atoms with E-state index in [1.165, 1.54) is 0 Å². The van der Waals surface area contributed by atoms with Gasteiger partial charge in [-0.1, -0.05) is 0 Å². The minimum Gasteiger partial charge on any atom is -0.844 e. The number of hydrogen-bond donors (Lipinski definition) is 0. The predicted molar refractivity (Wildman–Crippen MR) is 32.4 cm³/mol. The van der Waals surface area contributed by atoms with Gasteiger partial charge in [-0.25, -0.2) is 0 Å². The van der Waals surface area contributed by atoms with E-state index in [2.05, 4.69) is 11.8 Å². The molecule has 13 heteroatoms. The van der Waals surface area contributed by atoms with Crippen molar-refractivity contribution >= 4 is 18.5 Å². The molecule has 72 valence electrons. The Kier molecular flexibility index (Phi) is 199. The maximum absolute atomic E-state index is 8.92. The quantitative estimate of drug-likeness (QED) is 0.308. The Morgan fingerprint density at radius 2 is 0.615 bits per heavy atom. The monoisotopic (exact) mass is 270 g/mol. The minimum absolute atomic E-state index is 0. The van der Waals surface area contributed by atoms with E-state index in [9.17, 15) is 0 Å². The Bertz CT molecular complexity index is 65.5. The van der Waals surface area contributed by atoms with Gasteiger partial charge in [-0.05, 0) is 0 Å². The molecule has 0 bridgehead atoms. The van der Waals surface area contributed by atoms with Gasteiger partial charge in [0.05, 0.1) is 0 Å². The standard InChI is InChI=1S/3Na.H3O3PS.5H2O/c;;;1-4(2,3)5;;;;;/h;;;(H3,1,2,3,5);5*1H2/q3*+1;;;;;;/p-3. The molecule has 0 aliphatic rings. The fourth-order valence-electron chi connectivity index (χ4n) is 0. The molecule has 0 saturated heterocycles. The van der Waals surface area contributed by atoms with Gasteiger partial charge >= 0.3 is 88.7 Å². The van der Waals surface area contributed by atoms with Gasteiger partial charge in [0.2, 0.25) is 0 Å². The van der Waals surface area contributed by atoms with E-state index in [1.807, 2.05) is 0 Å². The topological polar surface area (TPSA) is 227 Å². The molecule has 0 aliphatic heterocycles. The molecular weight excluding hydrogens is 260 g/mol. The first kappa shape index (κ1) is 71.4. The first-order valence-corrected chi connectivity index (χ1v) is 3.29. The largest absolute Gasteiger partial charge is 1.00 e. The van der Waals surface area contributed by atoms with Crippen LogP contribution in [0.1, 0.15) is 0 Å². The zero-order valence-corrected chi connectivity index (χ0v) is 15.3. The third-order valence-electron chi connectivity index (χ3n) is 0. The van der Waals surface area contributed by atoms with Crippen LogP contribution in [0.25, 0.3) is 0 Å². The van der Waals surface area contributed by atoms with Gasteiger partial charge in [0.15, 0.2) is 0 Å². The average molecular weight is 270 g/mol. The summed E-state index contributed by atoms with van der Waals surface area (Å²) in [4.78, 5) is 26.8. The van der Waals surface area contributed by atoms with Gasteiger partial charge in [-0.2, -0.15) is 11.8 Å². The molecule has 0 atom stereocenters. The molecule has 10 N–H and O–H groups in total. The van der Waals surface area contributed by atoms with E-state index in [1.54, 1.807) is 0 Å². The molecule has 0 heterocycles. The molecule has 0 aromatic rings. The van der Waals surface area contributed by atoms with Crippen LogP contribution in [-0.4, -0.2) is 27.4 Å². The molecule has 0 saturated carbocycles. The molecule has 0 spiro atoms. The van der Waals surface area contributed by atoms with Gasteiger partial charge in [0.1, 0.15) is 0 Å². The van der Waals surface area contributed by atoms with Crippen molar-refractivity contribution in [1.29, 1.82) is 0 Å². The predicted octanol–water partition coefficient (Wildman–Crippen LogP) is -15.8. The number of hydrogen-bond acceptors (Lipinski definition) is 4. The van der Waals surface area contributed by atoms with Gasteiger partial charge in [0.25, 0.3) is 0 Å². The minimum atomic E-state index is -4.56. The first-order chi connectivity index (χ1) is 2.00. The van der Waals surface area contributed by atoms with Crippen LogP contribution in [0.4, 0.5) is 0 Å². The van der Waals surface area contributed by atoms with Crippen molar-refractivity contribution in [2.75, 3.05) is 0 Å². The molecule has 13 heavy (non-hydrogen) atoms. The summed E-state index contributed by atoms with van der Waals surface area (Å²) in [5.41, 5.74) is 0. The van der Waals surface area contributed by atoms with Gasteiger partial charge in [-0.3, -0.25) is 0 Å². The first-order valence-electron chi connectivity index (χ1n) is 0.730. The average Bonchev–Trinajstić information content (AvgIpc) is 0.722. The molecule has 0 amide bonds. The van der Waals surface area contributed by atoms with Crippen LogP contribution >= 0.6 is 6.72 Å². The van der Waals surface area contributed by atoms with Crippen molar-refractivity contribution in [3.8, 4) is 0 Å². The second-order valence-corrected chi connectivity index (χ2v) is 2.68. The fraction of sp³-hybridized carbons (Fsp3) is 0. The molecule has 0 radical (unpaired) electrons. The smallest absolute Gasteiger partial charge is 0.844 e. The summed E-state index contributed by atoms with van der Waals surface area (Å²) in [6.45, 7) is -4.56. The van der Waals surface area contributed by atoms with E-state index in [0.29, 0.717) is 0 Å². The molecule has 0 aromatic heterocycles. The summed E-state index contributed by atoms with van der Waals surface area (Å²) in [5.74, 6) is 0. The second kappa shape index (κ2) is 36.2. The Labute approximate surface area is 147 Å². The molecule has 8 nitrogen and oxygen atoms in total. The molecular formula is H10Na3O8PS. The maximum atomic E-state index is 8.92. The van der Waals surface area contributed by atoms with Crippen molar-refractivity contribution in [2.45, 2.75) is 0 Å². The Morgan fingerprint density at radius 1 is 0.615 bits per heavy atom. The van der Waals surface area contributed by atoms with Crippen molar-refractivity contribution in [2.24, 2.45) is 0 Å². The van der Waals surface area contributed by atoms with Crippen LogP contribution in [-0.2, 0) is 11.8 Å². The van der Waals surface area contributed by atoms with Crippen molar-refractivity contribution in [3.63, 3.8) is 0 Å². The SMILES string of the molecule is O.O.O.O.O.[Na+].[Na+].[Na+].[O-]P([O-])([O-])=S. The normalized spacial score (nSPS) is 4.54. The van der Waals surface area contributed by atoms with E-state index in [0.717, 1.165) is 0 Å². The van der Waals surface area contributed by atoms with Crippen LogP contribution in [0, 0.1) is 0 Å². The van der Waals surface area contributed by atoms with Crippen LogP contribution in [0.5, 0.6) is 0 Å². The van der Waals surface area contributed by atoms with E-state index in [-0.39, 0.29) is 116 Å². The van der Waals surface area contributed by atoms with Gasteiger partial charge in [-0.15, -0.1) is 0 Å². The molecule has 0 rings (SSSR count). The Hall–Kier alpha value is 3.33. The molecule has 0 aromatic carbocycles. The summed E-state index contributed by atoms with van der Waals surface area (Å²) in [7, 11) is 0. The van der Waals surface area contributed by atoms with Crippen molar-refractivity contribution in [1.82, 2.24) is 0 Å². The van der Waals surface area contributed by atoms with Crippen LogP contribution < -0.4 is 103 Å². The maximum Gasteiger partial charge on any atom is 1.00 e. The summed E-state index contributed by atoms with van der Waals surface area (Å²) < 4.78 is 0. The zero-order chi connectivity index (χ0) is 4.50. The van der Waals surface area contributed by atoms with Gasteiger partial charge < -0.3 is 48.8 Å². The second-order valence-electron chi connectivity index (χ2n) is 0.447.